The Bertz CT molecular complexity index is 1750. The third-order valence-corrected chi connectivity index (χ3v) is 6.98. The zero-order valence-electron chi connectivity index (χ0n) is 23.4. The van der Waals surface area contributed by atoms with Crippen LogP contribution in [0.3, 0.4) is 0 Å². The second-order valence-electron chi connectivity index (χ2n) is 10.5. The first-order valence-electron chi connectivity index (χ1n) is 12.9. The van der Waals surface area contributed by atoms with E-state index in [9.17, 15) is 32.5 Å². The van der Waals surface area contributed by atoms with Crippen LogP contribution in [-0.2, 0) is 0 Å². The zero-order valence-corrected chi connectivity index (χ0v) is 23.4. The van der Waals surface area contributed by atoms with Crippen LogP contribution in [0, 0.1) is 46.9 Å². The van der Waals surface area contributed by atoms with Gasteiger partial charge >= 0.3 is 6.18 Å². The summed E-state index contributed by atoms with van der Waals surface area (Å²) < 4.78 is 84.2. The lowest BCUT2D eigenvalue weighted by Gasteiger charge is -2.28. The average Bonchev–Trinajstić information content (AvgIpc) is 3.34. The van der Waals surface area contributed by atoms with Gasteiger partial charge in [0.1, 0.15) is 30.5 Å². The van der Waals surface area contributed by atoms with E-state index in [4.69, 9.17) is 0 Å². The number of benzene rings is 1. The maximum absolute atomic E-state index is 15.5. The molecule has 2 N–H and O–H groups in total. The number of hydrogen-bond donors (Lipinski definition) is 2. The Morgan fingerprint density at radius 2 is 1.77 bits per heavy atom. The molecule has 0 saturated heterocycles. The molecule has 2 atom stereocenters. The molecule has 0 saturated carbocycles. The summed E-state index contributed by atoms with van der Waals surface area (Å²) in [5, 5.41) is 33.1. The van der Waals surface area contributed by atoms with E-state index < -0.39 is 48.8 Å². The summed E-state index contributed by atoms with van der Waals surface area (Å²) in [6, 6.07) is 6.91. The highest BCUT2D eigenvalue weighted by Crippen LogP contribution is 2.39. The minimum atomic E-state index is -4.56. The Hall–Kier alpha value is -4.92. The molecule has 3 heterocycles. The number of aryl methyl sites for hydroxylation is 1. The molecule has 43 heavy (non-hydrogen) atoms. The fourth-order valence-corrected chi connectivity index (χ4v) is 4.28. The molecular weight excluding hydrogens is 576 g/mol. The van der Waals surface area contributed by atoms with Crippen LogP contribution in [0.5, 0.6) is 0 Å². The number of halogens is 6. The van der Waals surface area contributed by atoms with Crippen molar-refractivity contribution in [1.82, 2.24) is 25.0 Å². The highest BCUT2D eigenvalue weighted by Gasteiger charge is 2.47. The third kappa shape index (κ3) is 6.02. The highest BCUT2D eigenvalue weighted by molar-refractivity contribution is 5.99. The smallest absolute Gasteiger partial charge is 0.382 e. The summed E-state index contributed by atoms with van der Waals surface area (Å²) >= 11 is 0. The van der Waals surface area contributed by atoms with E-state index in [0.29, 0.717) is 0 Å². The number of aromatic nitrogens is 5. The van der Waals surface area contributed by atoms with E-state index in [2.05, 4.69) is 30.9 Å². The molecule has 0 unspecified atom stereocenters. The Balaban J connectivity index is 1.89. The molecule has 0 bridgehead atoms. The van der Waals surface area contributed by atoms with Crippen LogP contribution < -0.4 is 10.6 Å². The van der Waals surface area contributed by atoms with E-state index in [1.165, 1.54) is 32.0 Å². The quantitative estimate of drug-likeness (QED) is 0.169. The molecule has 0 aliphatic heterocycles. The van der Waals surface area contributed by atoms with Crippen LogP contribution in [0.2, 0.25) is 0 Å². The van der Waals surface area contributed by atoms with Gasteiger partial charge in [-0.25, -0.2) is 14.1 Å². The van der Waals surface area contributed by atoms with Crippen LogP contribution in [0.4, 0.5) is 37.7 Å². The van der Waals surface area contributed by atoms with Gasteiger partial charge in [0, 0.05) is 35.1 Å². The number of alkyl halides is 4. The molecule has 3 aromatic heterocycles. The molecule has 4 rings (SSSR count). The molecule has 4 aromatic rings. The van der Waals surface area contributed by atoms with Crippen molar-refractivity contribution >= 4 is 22.3 Å². The van der Waals surface area contributed by atoms with Crippen molar-refractivity contribution in [2.24, 2.45) is 5.41 Å². The first-order chi connectivity index (χ1) is 20.2. The average molecular weight is 602 g/mol. The van der Waals surface area contributed by atoms with E-state index in [-0.39, 0.29) is 50.4 Å². The van der Waals surface area contributed by atoms with Gasteiger partial charge in [-0.3, -0.25) is 4.98 Å². The van der Waals surface area contributed by atoms with Crippen LogP contribution in [0.25, 0.3) is 10.9 Å². The number of fused-ring (bicyclic) bond motifs is 1. The Labute approximate surface area is 242 Å². The number of pyridine rings is 2. The van der Waals surface area contributed by atoms with Crippen molar-refractivity contribution in [3.63, 3.8) is 0 Å². The molecule has 0 amide bonds. The number of nitrogens with one attached hydrogen (secondary N) is 2. The van der Waals surface area contributed by atoms with Gasteiger partial charge in [-0.15, -0.1) is 5.10 Å². The predicted octanol–water partition coefficient (Wildman–Crippen LogP) is 6.28. The minimum Gasteiger partial charge on any atom is -0.382 e. The van der Waals surface area contributed by atoms with Crippen molar-refractivity contribution in [1.29, 1.82) is 10.5 Å². The molecule has 0 aliphatic rings. The van der Waals surface area contributed by atoms with Gasteiger partial charge < -0.3 is 10.6 Å². The first-order valence-corrected chi connectivity index (χ1v) is 12.9. The molecule has 15 heteroatoms. The van der Waals surface area contributed by atoms with Crippen LogP contribution >= 0.6 is 0 Å². The summed E-state index contributed by atoms with van der Waals surface area (Å²) in [5.41, 5.74) is -1.85. The van der Waals surface area contributed by atoms with Gasteiger partial charge in [-0.05, 0) is 45.9 Å². The molecule has 1 aromatic carbocycles. The molecule has 0 spiro atoms. The van der Waals surface area contributed by atoms with Crippen molar-refractivity contribution in [3.8, 4) is 12.1 Å². The summed E-state index contributed by atoms with van der Waals surface area (Å²) in [7, 11) is 0. The first kappa shape index (κ1) is 31.0. The number of nitriles is 2. The normalized spacial score (nSPS) is 13.3. The Kier molecular flexibility index (Phi) is 8.48. The van der Waals surface area contributed by atoms with Gasteiger partial charge in [0.2, 0.25) is 11.9 Å². The minimum absolute atomic E-state index is 0.00879. The largest absolute Gasteiger partial charge is 0.395 e. The van der Waals surface area contributed by atoms with Crippen molar-refractivity contribution in [2.45, 2.75) is 46.0 Å². The van der Waals surface area contributed by atoms with Crippen molar-refractivity contribution < 1.29 is 26.3 Å². The van der Waals surface area contributed by atoms with Crippen LogP contribution in [-0.4, -0.2) is 44.4 Å². The molecule has 224 valence electrons. The monoisotopic (exact) mass is 601 g/mol. The SMILES string of the molecule is Cc1nc(F)ccc1[C@H](Nc1cc(C#N)c2ncc(C#N)c(NCC(C)(C)C(F)(F)F)c2c1)c1nnn([C@@H](C)CF)c1F. The van der Waals surface area contributed by atoms with Gasteiger partial charge in [0.15, 0.2) is 0 Å². The third-order valence-electron chi connectivity index (χ3n) is 6.98. The number of anilines is 2. The van der Waals surface area contributed by atoms with Crippen molar-refractivity contribution in [3.05, 3.63) is 70.4 Å². The van der Waals surface area contributed by atoms with E-state index in [0.717, 1.165) is 30.8 Å². The van der Waals surface area contributed by atoms with Crippen LogP contribution in [0.1, 0.15) is 60.9 Å². The number of rotatable bonds is 9. The number of nitrogens with zero attached hydrogens (tertiary/aromatic N) is 7. The highest BCUT2D eigenvalue weighted by atomic mass is 19.4. The summed E-state index contributed by atoms with van der Waals surface area (Å²) in [6.07, 6.45) is -3.41. The summed E-state index contributed by atoms with van der Waals surface area (Å²) in [5.74, 6) is -1.77. The maximum Gasteiger partial charge on any atom is 0.395 e. The second kappa shape index (κ2) is 11.8. The van der Waals surface area contributed by atoms with Gasteiger partial charge in [0.25, 0.3) is 0 Å². The van der Waals surface area contributed by atoms with E-state index >= 15 is 4.39 Å². The second-order valence-corrected chi connectivity index (χ2v) is 10.5. The summed E-state index contributed by atoms with van der Waals surface area (Å²) in [4.78, 5) is 7.97. The molecule has 0 aliphatic carbocycles. The lowest BCUT2D eigenvalue weighted by Crippen LogP contribution is -2.38. The lowest BCUT2D eigenvalue weighted by molar-refractivity contribution is -0.206. The zero-order chi connectivity index (χ0) is 31.7. The molecule has 9 nitrogen and oxygen atoms in total. The van der Waals surface area contributed by atoms with E-state index in [1.54, 1.807) is 0 Å². The van der Waals surface area contributed by atoms with Gasteiger partial charge in [-0.2, -0.15) is 32.5 Å². The van der Waals surface area contributed by atoms with E-state index in [1.807, 2.05) is 12.1 Å². The topological polar surface area (TPSA) is 128 Å². The molecular formula is C28H25F6N9. The fourth-order valence-electron chi connectivity index (χ4n) is 4.28. The summed E-state index contributed by atoms with van der Waals surface area (Å²) in [6.45, 7) is 3.34. The molecule has 0 radical (unpaired) electrons. The fraction of sp³-hybridized carbons (Fsp3) is 0.357. The predicted molar refractivity (Wildman–Crippen MR) is 145 cm³/mol. The Morgan fingerprint density at radius 3 is 2.37 bits per heavy atom. The standard InChI is InChI=1S/C28H25F6N9/c1-14(9-29)43-26(31)25(41-42-43)24(19-5-6-21(30)39-15(19)2)40-18-7-16(10-35)22-20(8-18)23(17(11-36)12-37-22)38-13-27(3,4)28(32,33)34/h5-8,12,14,24,40H,9,13H2,1-4H3,(H,37,38)/t14-,24-/m0/s1. The van der Waals surface area contributed by atoms with Gasteiger partial charge in [0.05, 0.1) is 33.8 Å². The number of hydrogen-bond acceptors (Lipinski definition) is 8. The van der Waals surface area contributed by atoms with Gasteiger partial charge in [-0.1, -0.05) is 11.3 Å². The Morgan fingerprint density at radius 1 is 1.07 bits per heavy atom. The molecule has 0 fully saturated rings. The van der Waals surface area contributed by atoms with Crippen molar-refractivity contribution in [2.75, 3.05) is 23.9 Å². The van der Waals surface area contributed by atoms with Crippen LogP contribution in [0.15, 0.2) is 30.5 Å². The maximum atomic E-state index is 15.5. The lowest BCUT2D eigenvalue weighted by atomic mass is 9.92.